The van der Waals surface area contributed by atoms with Gasteiger partial charge in [-0.05, 0) is 31.3 Å². The minimum Gasteiger partial charge on any atom is -0.478 e. The number of hydrogen-bond donors (Lipinski definition) is 2. The largest absolute Gasteiger partial charge is 0.478 e. The zero-order valence-electron chi connectivity index (χ0n) is 21.2. The third-order valence-corrected chi connectivity index (χ3v) is 5.66. The molecule has 1 saturated heterocycles. The molecule has 4 rings (SSSR count). The molecule has 1 fully saturated rings. The fourth-order valence-electron chi connectivity index (χ4n) is 3.50. The molecule has 0 aliphatic carbocycles. The van der Waals surface area contributed by atoms with E-state index in [1.54, 1.807) is 19.2 Å². The van der Waals surface area contributed by atoms with Crippen molar-refractivity contribution in [1.82, 2.24) is 15.1 Å². The molecule has 37 heavy (non-hydrogen) atoms. The summed E-state index contributed by atoms with van der Waals surface area (Å²) >= 11 is 0. The Morgan fingerprint density at radius 3 is 1.89 bits per heavy atom. The summed E-state index contributed by atoms with van der Waals surface area (Å²) in [5, 5.41) is 11.4. The fraction of sp³-hybridized carbons (Fsp3) is 0.241. The van der Waals surface area contributed by atoms with Crippen LogP contribution < -0.4 is 5.32 Å². The highest BCUT2D eigenvalue weighted by Crippen LogP contribution is 2.18. The van der Waals surface area contributed by atoms with E-state index < -0.39 is 5.97 Å². The second-order valence-electron chi connectivity index (χ2n) is 8.33. The number of hydrogen-bond acceptors (Lipinski definition) is 6. The van der Waals surface area contributed by atoms with Gasteiger partial charge >= 0.3 is 5.97 Å². The molecule has 1 amide bonds. The second-order valence-corrected chi connectivity index (χ2v) is 8.33. The molecule has 0 spiro atoms. The van der Waals surface area contributed by atoms with Gasteiger partial charge in [0.2, 0.25) is 5.91 Å². The predicted octanol–water partition coefficient (Wildman–Crippen LogP) is 3.34. The van der Waals surface area contributed by atoms with Crippen LogP contribution in [0.15, 0.2) is 78.9 Å². The first-order chi connectivity index (χ1) is 17.9. The van der Waals surface area contributed by atoms with Crippen molar-refractivity contribution < 1.29 is 24.3 Å². The minimum absolute atomic E-state index is 0.0440. The summed E-state index contributed by atoms with van der Waals surface area (Å²) in [6.45, 7) is 4.20. The van der Waals surface area contributed by atoms with Crippen molar-refractivity contribution >= 4 is 24.4 Å². The van der Waals surface area contributed by atoms with Gasteiger partial charge in [-0.25, -0.2) is 4.79 Å². The first-order valence-corrected chi connectivity index (χ1v) is 11.9. The van der Waals surface area contributed by atoms with Crippen LogP contribution in [0, 0.1) is 0 Å². The Bertz CT molecular complexity index is 1140. The number of nitrogens with zero attached hydrogens (tertiary/aromatic N) is 2. The molecule has 0 saturated carbocycles. The van der Waals surface area contributed by atoms with Crippen molar-refractivity contribution in [3.05, 3.63) is 95.6 Å². The lowest BCUT2D eigenvalue weighted by atomic mass is 10.0. The smallest absolute Gasteiger partial charge is 0.336 e. The summed E-state index contributed by atoms with van der Waals surface area (Å²) in [4.78, 5) is 46.6. The number of nitrogens with one attached hydrogen (secondary N) is 1. The SMILES string of the molecule is CNCC(=O)N1CCN(C)CC1.O=Cc1ccc(-c2ccccc2)cc1.O=Cc1ccccc1C(=O)O. The van der Waals surface area contributed by atoms with E-state index in [0.717, 1.165) is 38.0 Å². The van der Waals surface area contributed by atoms with E-state index >= 15 is 0 Å². The van der Waals surface area contributed by atoms with Crippen molar-refractivity contribution in [3.63, 3.8) is 0 Å². The Labute approximate surface area is 217 Å². The number of benzene rings is 3. The molecule has 2 N–H and O–H groups in total. The molecule has 194 valence electrons. The lowest BCUT2D eigenvalue weighted by molar-refractivity contribution is -0.131. The number of piperazine rings is 1. The first-order valence-electron chi connectivity index (χ1n) is 11.9. The summed E-state index contributed by atoms with van der Waals surface area (Å²) in [6.07, 6.45) is 1.39. The number of carbonyl (C=O) groups excluding carboxylic acids is 3. The van der Waals surface area contributed by atoms with E-state index in [0.29, 0.717) is 18.4 Å². The van der Waals surface area contributed by atoms with Crippen molar-refractivity contribution in [2.24, 2.45) is 0 Å². The maximum Gasteiger partial charge on any atom is 0.336 e. The quantitative estimate of drug-likeness (QED) is 0.497. The normalized spacial score (nSPS) is 12.8. The van der Waals surface area contributed by atoms with Crippen molar-refractivity contribution in [2.75, 3.05) is 46.8 Å². The maximum absolute atomic E-state index is 11.3. The van der Waals surface area contributed by atoms with Crippen molar-refractivity contribution in [2.45, 2.75) is 0 Å². The lowest BCUT2D eigenvalue weighted by Gasteiger charge is -2.32. The van der Waals surface area contributed by atoms with Gasteiger partial charge in [0.25, 0.3) is 0 Å². The van der Waals surface area contributed by atoms with Crippen LogP contribution in [0.3, 0.4) is 0 Å². The van der Waals surface area contributed by atoms with Crippen LogP contribution in [0.1, 0.15) is 31.1 Å². The third kappa shape index (κ3) is 9.79. The minimum atomic E-state index is -1.08. The van der Waals surface area contributed by atoms with Crippen LogP contribution >= 0.6 is 0 Å². The van der Waals surface area contributed by atoms with Crippen molar-refractivity contribution in [1.29, 1.82) is 0 Å². The van der Waals surface area contributed by atoms with Gasteiger partial charge in [0.05, 0.1) is 12.1 Å². The Hall–Kier alpha value is -4.14. The molecule has 1 heterocycles. The molecule has 1 aliphatic heterocycles. The monoisotopic (exact) mass is 503 g/mol. The average Bonchev–Trinajstić information content (AvgIpc) is 2.94. The van der Waals surface area contributed by atoms with E-state index in [2.05, 4.69) is 29.4 Å². The number of aromatic carboxylic acids is 1. The molecule has 3 aromatic rings. The molecule has 8 nitrogen and oxygen atoms in total. The number of carboxylic acids is 1. The highest BCUT2D eigenvalue weighted by Gasteiger charge is 2.17. The zero-order chi connectivity index (χ0) is 27.0. The van der Waals surface area contributed by atoms with Gasteiger partial charge in [-0.3, -0.25) is 14.4 Å². The Morgan fingerprint density at radius 1 is 0.811 bits per heavy atom. The van der Waals surface area contributed by atoms with Crippen LogP contribution in [-0.4, -0.2) is 86.2 Å². The number of amides is 1. The molecule has 8 heteroatoms. The average molecular weight is 504 g/mol. The molecule has 0 radical (unpaired) electrons. The van der Waals surface area contributed by atoms with E-state index in [1.165, 1.54) is 17.7 Å². The number of carbonyl (C=O) groups is 4. The Morgan fingerprint density at radius 2 is 1.38 bits per heavy atom. The second kappa shape index (κ2) is 15.8. The molecule has 1 aliphatic rings. The molecule has 0 aromatic heterocycles. The van der Waals surface area contributed by atoms with Crippen LogP contribution in [0.5, 0.6) is 0 Å². The predicted molar refractivity (Wildman–Crippen MR) is 144 cm³/mol. The summed E-state index contributed by atoms with van der Waals surface area (Å²) in [5.41, 5.74) is 3.27. The summed E-state index contributed by atoms with van der Waals surface area (Å²) in [6, 6.07) is 23.7. The van der Waals surface area contributed by atoms with E-state index in [-0.39, 0.29) is 17.0 Å². The maximum atomic E-state index is 11.3. The summed E-state index contributed by atoms with van der Waals surface area (Å²) < 4.78 is 0. The lowest BCUT2D eigenvalue weighted by Crippen LogP contribution is -2.49. The van der Waals surface area contributed by atoms with Gasteiger partial charge in [0.15, 0.2) is 6.29 Å². The number of aldehydes is 2. The van der Waals surface area contributed by atoms with E-state index in [9.17, 15) is 19.2 Å². The van der Waals surface area contributed by atoms with Gasteiger partial charge in [-0.1, -0.05) is 72.8 Å². The molecule has 3 aromatic carbocycles. The molecular weight excluding hydrogens is 470 g/mol. The number of rotatable bonds is 6. The molecular formula is C29H33N3O5. The summed E-state index contributed by atoms with van der Waals surface area (Å²) in [7, 11) is 3.88. The Kier molecular flexibility index (Phi) is 12.4. The van der Waals surface area contributed by atoms with Gasteiger partial charge in [-0.15, -0.1) is 0 Å². The highest BCUT2D eigenvalue weighted by atomic mass is 16.4. The van der Waals surface area contributed by atoms with Crippen molar-refractivity contribution in [3.8, 4) is 11.1 Å². The molecule has 0 unspecified atom stereocenters. The van der Waals surface area contributed by atoms with Crippen LogP contribution in [0.2, 0.25) is 0 Å². The standard InChI is InChI=1S/C13H10O.C8H17N3O.C8H6O3/c14-10-11-6-8-13(9-7-11)12-4-2-1-3-5-12;1-9-7-8(12)11-5-3-10(2)4-6-11;9-5-6-3-1-2-4-7(6)8(10)11/h1-10H;9H,3-7H2,1-2H3;1-5H,(H,10,11). The summed E-state index contributed by atoms with van der Waals surface area (Å²) in [5.74, 6) is -0.863. The van der Waals surface area contributed by atoms with Crippen LogP contribution in [0.4, 0.5) is 0 Å². The fourth-order valence-corrected chi connectivity index (χ4v) is 3.50. The van der Waals surface area contributed by atoms with Crippen LogP contribution in [-0.2, 0) is 4.79 Å². The number of carboxylic acid groups (broad SMARTS) is 1. The van der Waals surface area contributed by atoms with Crippen LogP contribution in [0.25, 0.3) is 11.1 Å². The van der Waals surface area contributed by atoms with Gasteiger partial charge < -0.3 is 20.2 Å². The molecule has 0 atom stereocenters. The molecule has 0 bridgehead atoms. The first kappa shape index (κ1) is 29.1. The third-order valence-electron chi connectivity index (χ3n) is 5.66. The topological polar surface area (TPSA) is 107 Å². The van der Waals surface area contributed by atoms with Gasteiger partial charge in [0.1, 0.15) is 6.29 Å². The number of likely N-dealkylation sites (N-methyl/N-ethyl adjacent to an activating group) is 2. The van der Waals surface area contributed by atoms with E-state index in [1.807, 2.05) is 47.4 Å². The zero-order valence-corrected chi connectivity index (χ0v) is 21.2. The van der Waals surface area contributed by atoms with Gasteiger partial charge in [0, 0.05) is 37.3 Å². The Balaban J connectivity index is 0.000000197. The highest BCUT2D eigenvalue weighted by molar-refractivity contribution is 5.97. The van der Waals surface area contributed by atoms with Gasteiger partial charge in [-0.2, -0.15) is 0 Å². The van der Waals surface area contributed by atoms with E-state index in [4.69, 9.17) is 5.11 Å².